The molecular weight excluding hydrogens is 412 g/mol. The second-order valence-electron chi connectivity index (χ2n) is 7.35. The second kappa shape index (κ2) is 11.7. The highest BCUT2D eigenvalue weighted by molar-refractivity contribution is 5.85. The van der Waals surface area contributed by atoms with Gasteiger partial charge in [0.05, 0.1) is 0 Å². The molecule has 4 rings (SSSR count). The molecule has 0 saturated carbocycles. The highest BCUT2D eigenvalue weighted by atomic mass is 35.5. The molecule has 1 heterocycles. The zero-order valence-corrected chi connectivity index (χ0v) is 18.3. The number of rotatable bonds is 8. The van der Waals surface area contributed by atoms with Crippen LogP contribution in [0.15, 0.2) is 78.9 Å². The lowest BCUT2D eigenvalue weighted by Crippen LogP contribution is -2.45. The molecule has 2 N–H and O–H groups in total. The first kappa shape index (κ1) is 23.1. The Morgan fingerprint density at radius 2 is 1.39 bits per heavy atom. The van der Waals surface area contributed by atoms with E-state index >= 15 is 0 Å². The Hall–Kier alpha value is -2.57. The Morgan fingerprint density at radius 3 is 1.97 bits per heavy atom. The molecule has 0 bridgehead atoms. The van der Waals surface area contributed by atoms with Gasteiger partial charge in [-0.25, -0.2) is 0 Å². The molecule has 0 aromatic heterocycles. The summed E-state index contributed by atoms with van der Waals surface area (Å²) in [5.74, 6) is 2.85. The smallest absolute Gasteiger partial charge is 0.170 e. The quantitative estimate of drug-likeness (QED) is 0.515. The number of aliphatic hydroxyl groups is 1. The van der Waals surface area contributed by atoms with E-state index in [1.807, 2.05) is 72.8 Å². The van der Waals surface area contributed by atoms with Crippen LogP contribution in [-0.2, 0) is 0 Å². The predicted molar refractivity (Wildman–Crippen MR) is 126 cm³/mol. The van der Waals surface area contributed by atoms with E-state index < -0.39 is 0 Å². The fourth-order valence-electron chi connectivity index (χ4n) is 3.80. The third-order valence-electron chi connectivity index (χ3n) is 5.29. The normalized spacial score (nSPS) is 15.0. The molecule has 164 valence electrons. The first-order valence-electron chi connectivity index (χ1n) is 10.5. The maximum absolute atomic E-state index is 9.68. The number of halogens is 1. The van der Waals surface area contributed by atoms with Crippen LogP contribution in [0, 0.1) is 0 Å². The maximum atomic E-state index is 9.68. The van der Waals surface area contributed by atoms with Crippen molar-refractivity contribution in [3.63, 3.8) is 0 Å². The Kier molecular flexibility index (Phi) is 8.74. The number of hydrogen-bond acceptors (Lipinski definition) is 5. The third-order valence-corrected chi connectivity index (χ3v) is 5.29. The van der Waals surface area contributed by atoms with Crippen molar-refractivity contribution < 1.29 is 14.6 Å². The van der Waals surface area contributed by atoms with Gasteiger partial charge in [0.1, 0.15) is 11.5 Å². The molecule has 1 saturated heterocycles. The second-order valence-corrected chi connectivity index (χ2v) is 7.35. The maximum Gasteiger partial charge on any atom is 0.170 e. The highest BCUT2D eigenvalue weighted by Crippen LogP contribution is 2.38. The van der Waals surface area contributed by atoms with E-state index in [1.54, 1.807) is 0 Å². The molecule has 6 heteroatoms. The van der Waals surface area contributed by atoms with Crippen LogP contribution in [0.1, 0.15) is 18.0 Å². The van der Waals surface area contributed by atoms with Gasteiger partial charge in [0.25, 0.3) is 0 Å². The molecule has 1 aliphatic heterocycles. The van der Waals surface area contributed by atoms with Gasteiger partial charge in [-0.05, 0) is 48.4 Å². The summed E-state index contributed by atoms with van der Waals surface area (Å²) in [5, 5.41) is 13.1. The first-order valence-corrected chi connectivity index (χ1v) is 10.5. The molecule has 1 atom stereocenters. The van der Waals surface area contributed by atoms with Crippen LogP contribution >= 0.6 is 12.4 Å². The Morgan fingerprint density at radius 1 is 0.806 bits per heavy atom. The number of benzene rings is 3. The summed E-state index contributed by atoms with van der Waals surface area (Å²) in [6, 6.07) is 25.7. The van der Waals surface area contributed by atoms with Crippen LogP contribution in [0.4, 0.5) is 0 Å². The van der Waals surface area contributed by atoms with E-state index in [4.69, 9.17) is 9.47 Å². The molecular formula is C25H29ClN2O3. The molecule has 0 radical (unpaired) electrons. The highest BCUT2D eigenvalue weighted by Gasteiger charge is 2.23. The minimum atomic E-state index is 0. The summed E-state index contributed by atoms with van der Waals surface area (Å²) < 4.78 is 12.3. The van der Waals surface area contributed by atoms with E-state index in [-0.39, 0.29) is 25.1 Å². The fraction of sp³-hybridized carbons (Fsp3) is 0.280. The van der Waals surface area contributed by atoms with Crippen molar-refractivity contribution in [2.24, 2.45) is 0 Å². The number of aliphatic hydroxyl groups excluding tert-OH is 1. The molecule has 0 amide bonds. The summed E-state index contributed by atoms with van der Waals surface area (Å²) in [4.78, 5) is 2.42. The van der Waals surface area contributed by atoms with Crippen molar-refractivity contribution >= 4 is 12.4 Å². The number of ether oxygens (including phenoxy) is 2. The largest absolute Gasteiger partial charge is 0.453 e. The van der Waals surface area contributed by atoms with Gasteiger partial charge in [-0.3, -0.25) is 4.90 Å². The van der Waals surface area contributed by atoms with E-state index in [1.165, 1.54) is 0 Å². The van der Waals surface area contributed by atoms with Crippen molar-refractivity contribution in [1.82, 2.24) is 10.2 Å². The van der Waals surface area contributed by atoms with Crippen molar-refractivity contribution in [2.75, 3.05) is 32.8 Å². The van der Waals surface area contributed by atoms with Gasteiger partial charge < -0.3 is 19.9 Å². The van der Waals surface area contributed by atoms with E-state index in [0.717, 1.165) is 43.2 Å². The number of piperazine rings is 1. The first-order chi connectivity index (χ1) is 14.8. The van der Waals surface area contributed by atoms with Gasteiger partial charge in [0, 0.05) is 38.8 Å². The van der Waals surface area contributed by atoms with Gasteiger partial charge in [-0.2, -0.15) is 0 Å². The monoisotopic (exact) mass is 440 g/mol. The van der Waals surface area contributed by atoms with Crippen LogP contribution in [-0.4, -0.2) is 42.8 Å². The Labute approximate surface area is 190 Å². The average Bonchev–Trinajstić information content (AvgIpc) is 2.81. The predicted octanol–water partition coefficient (Wildman–Crippen LogP) is 5.02. The minimum Gasteiger partial charge on any atom is -0.453 e. The minimum absolute atomic E-state index is 0. The van der Waals surface area contributed by atoms with Crippen molar-refractivity contribution in [1.29, 1.82) is 0 Å². The standard InChI is InChI=1S/C25H28N2O3.ClH/c28-18-13-23(27-16-14-26-15-17-27)20-11-12-24(29-21-7-3-1-4-8-21)25(19-20)30-22-9-5-2-6-10-22;/h1-12,19,23,26,28H,13-18H2;1H/t23-;/m0./s1. The third kappa shape index (κ3) is 6.21. The number of nitrogens with one attached hydrogen (secondary N) is 1. The number of para-hydroxylation sites is 2. The Balaban J connectivity index is 0.00000272. The number of nitrogens with zero attached hydrogens (tertiary/aromatic N) is 1. The van der Waals surface area contributed by atoms with Crippen molar-refractivity contribution in [2.45, 2.75) is 12.5 Å². The van der Waals surface area contributed by atoms with Crippen molar-refractivity contribution in [3.8, 4) is 23.0 Å². The zero-order valence-electron chi connectivity index (χ0n) is 17.4. The molecule has 0 unspecified atom stereocenters. The van der Waals surface area contributed by atoms with Crippen molar-refractivity contribution in [3.05, 3.63) is 84.4 Å². The van der Waals surface area contributed by atoms with Gasteiger partial charge in [-0.15, -0.1) is 12.4 Å². The molecule has 5 nitrogen and oxygen atoms in total. The summed E-state index contributed by atoms with van der Waals surface area (Å²) in [6.07, 6.45) is 0.684. The van der Waals surface area contributed by atoms with Gasteiger partial charge in [-0.1, -0.05) is 42.5 Å². The van der Waals surface area contributed by atoms with E-state index in [0.29, 0.717) is 17.9 Å². The van der Waals surface area contributed by atoms with Crippen LogP contribution in [0.2, 0.25) is 0 Å². The molecule has 0 spiro atoms. The molecule has 3 aromatic carbocycles. The lowest BCUT2D eigenvalue weighted by molar-refractivity contribution is 0.141. The van der Waals surface area contributed by atoms with E-state index in [9.17, 15) is 5.11 Å². The average molecular weight is 441 g/mol. The van der Waals surface area contributed by atoms with Crippen LogP contribution in [0.25, 0.3) is 0 Å². The Bertz CT molecular complexity index is 919. The van der Waals surface area contributed by atoms with E-state index in [2.05, 4.69) is 16.3 Å². The summed E-state index contributed by atoms with van der Waals surface area (Å²) in [7, 11) is 0. The molecule has 0 aliphatic carbocycles. The lowest BCUT2D eigenvalue weighted by atomic mass is 10.0. The molecule has 1 fully saturated rings. The van der Waals surface area contributed by atoms with Gasteiger partial charge in [0.2, 0.25) is 0 Å². The SMILES string of the molecule is Cl.OCC[C@@H](c1ccc(Oc2ccccc2)c(Oc2ccccc2)c1)N1CCNCC1. The lowest BCUT2D eigenvalue weighted by Gasteiger charge is -2.35. The topological polar surface area (TPSA) is 54.0 Å². The summed E-state index contributed by atoms with van der Waals surface area (Å²) in [5.41, 5.74) is 1.12. The van der Waals surface area contributed by atoms with Gasteiger partial charge in [0.15, 0.2) is 11.5 Å². The molecule has 3 aromatic rings. The van der Waals surface area contributed by atoms with Crippen LogP contribution in [0.5, 0.6) is 23.0 Å². The zero-order chi connectivity index (χ0) is 20.6. The van der Waals surface area contributed by atoms with Crippen LogP contribution < -0.4 is 14.8 Å². The van der Waals surface area contributed by atoms with Crippen LogP contribution in [0.3, 0.4) is 0 Å². The molecule has 31 heavy (non-hydrogen) atoms. The van der Waals surface area contributed by atoms with Gasteiger partial charge >= 0.3 is 0 Å². The molecule has 1 aliphatic rings. The summed E-state index contributed by atoms with van der Waals surface area (Å²) >= 11 is 0. The fourth-order valence-corrected chi connectivity index (χ4v) is 3.80. The summed E-state index contributed by atoms with van der Waals surface area (Å²) in [6.45, 7) is 3.99. The number of hydrogen-bond donors (Lipinski definition) is 2.